The maximum absolute atomic E-state index is 10.8. The van der Waals surface area contributed by atoms with Crippen molar-refractivity contribution in [2.45, 2.75) is 53.4 Å². The minimum Gasteiger partial charge on any atom is -0.298 e. The Balaban J connectivity index is 4.20. The van der Waals surface area contributed by atoms with E-state index in [-0.39, 0.29) is 0 Å². The first-order valence-corrected chi connectivity index (χ1v) is 5.82. The van der Waals surface area contributed by atoms with Crippen LogP contribution in [0.15, 0.2) is 11.6 Å². The molecule has 0 bridgehead atoms. The second-order valence-electron chi connectivity index (χ2n) is 4.21. The Hall–Kier alpha value is -0.590. The van der Waals surface area contributed by atoms with Gasteiger partial charge in [-0.3, -0.25) is 4.79 Å². The first-order valence-electron chi connectivity index (χ1n) is 5.82. The summed E-state index contributed by atoms with van der Waals surface area (Å²) in [5, 5.41) is 0. The molecule has 0 N–H and O–H groups in total. The van der Waals surface area contributed by atoms with Crippen LogP contribution in [0.2, 0.25) is 0 Å². The summed E-state index contributed by atoms with van der Waals surface area (Å²) in [7, 11) is 0. The van der Waals surface area contributed by atoms with Crippen LogP contribution in [-0.4, -0.2) is 6.29 Å². The number of rotatable bonds is 7. The first-order chi connectivity index (χ1) is 6.65. The van der Waals surface area contributed by atoms with Gasteiger partial charge in [0.2, 0.25) is 0 Å². The summed E-state index contributed by atoms with van der Waals surface area (Å²) < 4.78 is 0. The van der Waals surface area contributed by atoms with Gasteiger partial charge >= 0.3 is 0 Å². The second-order valence-corrected chi connectivity index (χ2v) is 4.21. The van der Waals surface area contributed by atoms with Crippen LogP contribution in [0.5, 0.6) is 0 Å². The van der Waals surface area contributed by atoms with Crippen molar-refractivity contribution in [1.29, 1.82) is 0 Å². The molecule has 0 amide bonds. The standard InChI is InChI=1S/C13H24O/c1-5-7-8-11(3)9-13(10-14)12(4)6-2/h9-12H,5-8H2,1-4H3. The van der Waals surface area contributed by atoms with Gasteiger partial charge in [-0.15, -0.1) is 0 Å². The van der Waals surface area contributed by atoms with Gasteiger partial charge in [0.15, 0.2) is 0 Å². The summed E-state index contributed by atoms with van der Waals surface area (Å²) in [6.45, 7) is 8.64. The molecule has 0 aromatic carbocycles. The molecule has 1 nitrogen and oxygen atoms in total. The molecule has 2 atom stereocenters. The summed E-state index contributed by atoms with van der Waals surface area (Å²) in [6, 6.07) is 0. The molecule has 0 radical (unpaired) electrons. The quantitative estimate of drug-likeness (QED) is 0.444. The highest BCUT2D eigenvalue weighted by molar-refractivity contribution is 5.73. The van der Waals surface area contributed by atoms with E-state index in [1.165, 1.54) is 19.3 Å². The van der Waals surface area contributed by atoms with Crippen molar-refractivity contribution in [3.63, 3.8) is 0 Å². The number of hydrogen-bond donors (Lipinski definition) is 0. The highest BCUT2D eigenvalue weighted by Gasteiger charge is 2.07. The average Bonchev–Trinajstić information content (AvgIpc) is 2.21. The average molecular weight is 196 g/mol. The van der Waals surface area contributed by atoms with Gasteiger partial charge in [-0.1, -0.05) is 46.6 Å². The molecule has 2 unspecified atom stereocenters. The third kappa shape index (κ3) is 5.21. The number of unbranched alkanes of at least 4 members (excludes halogenated alkanes) is 1. The molecular formula is C13H24O. The predicted molar refractivity (Wildman–Crippen MR) is 62.3 cm³/mol. The lowest BCUT2D eigenvalue weighted by Crippen LogP contribution is -2.02. The fraction of sp³-hybridized carbons (Fsp3) is 0.769. The van der Waals surface area contributed by atoms with E-state index in [0.717, 1.165) is 18.3 Å². The third-order valence-electron chi connectivity index (χ3n) is 2.81. The Kier molecular flexibility index (Phi) is 7.45. The molecule has 0 heterocycles. The lowest BCUT2D eigenvalue weighted by atomic mass is 9.94. The van der Waals surface area contributed by atoms with Gasteiger partial charge in [0.05, 0.1) is 0 Å². The summed E-state index contributed by atoms with van der Waals surface area (Å²) in [5.41, 5.74) is 0.983. The SMILES string of the molecule is CCCCC(C)C=C(C=O)C(C)CC. The van der Waals surface area contributed by atoms with Gasteiger partial charge in [0.25, 0.3) is 0 Å². The number of aldehydes is 1. The van der Waals surface area contributed by atoms with Gasteiger partial charge in [-0.25, -0.2) is 0 Å². The van der Waals surface area contributed by atoms with Crippen LogP contribution in [0.1, 0.15) is 53.4 Å². The molecule has 0 aromatic heterocycles. The Morgan fingerprint density at radius 1 is 1.29 bits per heavy atom. The zero-order valence-electron chi connectivity index (χ0n) is 10.0. The van der Waals surface area contributed by atoms with Crippen LogP contribution < -0.4 is 0 Å². The van der Waals surface area contributed by atoms with Crippen LogP contribution in [0.25, 0.3) is 0 Å². The van der Waals surface area contributed by atoms with Crippen LogP contribution in [0, 0.1) is 11.8 Å². The molecule has 0 rings (SSSR count). The summed E-state index contributed by atoms with van der Waals surface area (Å²) in [6.07, 6.45) is 7.91. The van der Waals surface area contributed by atoms with Crippen molar-refractivity contribution in [1.82, 2.24) is 0 Å². The Bertz CT molecular complexity index is 182. The molecule has 0 aliphatic heterocycles. The van der Waals surface area contributed by atoms with Crippen molar-refractivity contribution in [2.24, 2.45) is 11.8 Å². The Morgan fingerprint density at radius 2 is 1.93 bits per heavy atom. The molecule has 1 heteroatoms. The Labute approximate surface area is 88.6 Å². The highest BCUT2D eigenvalue weighted by Crippen LogP contribution is 2.17. The maximum Gasteiger partial charge on any atom is 0.145 e. The van der Waals surface area contributed by atoms with Crippen LogP contribution in [0.4, 0.5) is 0 Å². The first kappa shape index (κ1) is 13.4. The second kappa shape index (κ2) is 7.78. The maximum atomic E-state index is 10.8. The topological polar surface area (TPSA) is 17.1 Å². The van der Waals surface area contributed by atoms with Crippen molar-refractivity contribution in [3.05, 3.63) is 11.6 Å². The molecule has 14 heavy (non-hydrogen) atoms. The number of allylic oxidation sites excluding steroid dienone is 2. The van der Waals surface area contributed by atoms with Gasteiger partial charge in [-0.05, 0) is 30.3 Å². The predicted octanol–water partition coefficient (Wildman–Crippen LogP) is 3.98. The molecule has 82 valence electrons. The monoisotopic (exact) mass is 196 g/mol. The fourth-order valence-corrected chi connectivity index (χ4v) is 1.49. The van der Waals surface area contributed by atoms with Gasteiger partial charge < -0.3 is 0 Å². The number of hydrogen-bond acceptors (Lipinski definition) is 1. The zero-order valence-corrected chi connectivity index (χ0v) is 10.0. The van der Waals surface area contributed by atoms with E-state index in [1.54, 1.807) is 0 Å². The molecule has 0 fully saturated rings. The zero-order chi connectivity index (χ0) is 11.0. The summed E-state index contributed by atoms with van der Waals surface area (Å²) in [4.78, 5) is 10.8. The van der Waals surface area contributed by atoms with Gasteiger partial charge in [0, 0.05) is 0 Å². The van der Waals surface area contributed by atoms with Crippen molar-refractivity contribution < 1.29 is 4.79 Å². The lowest BCUT2D eigenvalue weighted by molar-refractivity contribution is -0.105. The van der Waals surface area contributed by atoms with Crippen molar-refractivity contribution in [2.75, 3.05) is 0 Å². The summed E-state index contributed by atoms with van der Waals surface area (Å²) in [5.74, 6) is 0.959. The molecule has 0 saturated carbocycles. The van der Waals surface area contributed by atoms with Crippen molar-refractivity contribution in [3.8, 4) is 0 Å². The molecule has 0 spiro atoms. The third-order valence-corrected chi connectivity index (χ3v) is 2.81. The highest BCUT2D eigenvalue weighted by atomic mass is 16.1. The smallest absolute Gasteiger partial charge is 0.145 e. The Morgan fingerprint density at radius 3 is 2.36 bits per heavy atom. The van der Waals surface area contributed by atoms with E-state index in [4.69, 9.17) is 0 Å². The molecular weight excluding hydrogens is 172 g/mol. The van der Waals surface area contributed by atoms with Crippen LogP contribution >= 0.6 is 0 Å². The molecule has 0 aliphatic carbocycles. The molecule has 0 aromatic rings. The normalized spacial score (nSPS) is 16.4. The van der Waals surface area contributed by atoms with E-state index in [1.807, 2.05) is 0 Å². The largest absolute Gasteiger partial charge is 0.298 e. The summed E-state index contributed by atoms with van der Waals surface area (Å²) >= 11 is 0. The van der Waals surface area contributed by atoms with Gasteiger partial charge in [0.1, 0.15) is 6.29 Å². The fourth-order valence-electron chi connectivity index (χ4n) is 1.49. The van der Waals surface area contributed by atoms with Gasteiger partial charge in [-0.2, -0.15) is 0 Å². The van der Waals surface area contributed by atoms with E-state index < -0.39 is 0 Å². The lowest BCUT2D eigenvalue weighted by Gasteiger charge is -2.11. The minimum absolute atomic E-state index is 0.413. The van der Waals surface area contributed by atoms with Crippen LogP contribution in [-0.2, 0) is 4.79 Å². The van der Waals surface area contributed by atoms with E-state index in [9.17, 15) is 4.79 Å². The molecule has 0 aliphatic rings. The van der Waals surface area contributed by atoms with E-state index in [0.29, 0.717) is 11.8 Å². The number of carbonyl (C=O) groups excluding carboxylic acids is 1. The van der Waals surface area contributed by atoms with E-state index >= 15 is 0 Å². The van der Waals surface area contributed by atoms with Crippen LogP contribution in [0.3, 0.4) is 0 Å². The number of carbonyl (C=O) groups is 1. The molecule has 0 saturated heterocycles. The minimum atomic E-state index is 0.413. The van der Waals surface area contributed by atoms with E-state index in [2.05, 4.69) is 33.8 Å². The van der Waals surface area contributed by atoms with Crippen molar-refractivity contribution >= 4 is 6.29 Å².